The minimum absolute atomic E-state index is 0.215. The highest BCUT2D eigenvalue weighted by Gasteiger charge is 2.09. The van der Waals surface area contributed by atoms with Gasteiger partial charge in [-0.1, -0.05) is 18.2 Å². The van der Waals surface area contributed by atoms with E-state index in [1.807, 2.05) is 38.4 Å². The lowest BCUT2D eigenvalue weighted by Gasteiger charge is -2.11. The Bertz CT molecular complexity index is 691. The van der Waals surface area contributed by atoms with E-state index in [-0.39, 0.29) is 5.91 Å². The first kappa shape index (κ1) is 18.7. The number of anilines is 1. The number of rotatable bonds is 9. The monoisotopic (exact) mass is 343 g/mol. The highest BCUT2D eigenvalue weighted by atomic mass is 16.5. The molecule has 134 valence electrons. The molecule has 2 N–H and O–H groups in total. The van der Waals surface area contributed by atoms with Crippen LogP contribution in [0.2, 0.25) is 0 Å². The number of methoxy groups -OCH3 is 1. The minimum atomic E-state index is -0.215. The Morgan fingerprint density at radius 3 is 2.76 bits per heavy atom. The van der Waals surface area contributed by atoms with Gasteiger partial charge in [0, 0.05) is 25.8 Å². The number of carbonyl (C=O) groups is 1. The highest BCUT2D eigenvalue weighted by Crippen LogP contribution is 2.17. The van der Waals surface area contributed by atoms with Crippen molar-refractivity contribution in [1.82, 2.24) is 20.2 Å². The number of benzene rings is 1. The molecule has 0 aliphatic rings. The van der Waals surface area contributed by atoms with Crippen LogP contribution in [0.5, 0.6) is 5.75 Å². The van der Waals surface area contributed by atoms with Gasteiger partial charge in [-0.2, -0.15) is 0 Å². The summed E-state index contributed by atoms with van der Waals surface area (Å²) in [6.45, 7) is 2.08. The van der Waals surface area contributed by atoms with Gasteiger partial charge in [0.05, 0.1) is 7.11 Å². The van der Waals surface area contributed by atoms with E-state index < -0.39 is 0 Å². The van der Waals surface area contributed by atoms with Crippen LogP contribution in [0.1, 0.15) is 16.1 Å². The van der Waals surface area contributed by atoms with Crippen molar-refractivity contribution in [3.05, 3.63) is 47.8 Å². The van der Waals surface area contributed by atoms with Crippen molar-refractivity contribution in [2.75, 3.05) is 46.2 Å². The van der Waals surface area contributed by atoms with Gasteiger partial charge in [-0.05, 0) is 38.2 Å². The van der Waals surface area contributed by atoms with Crippen LogP contribution >= 0.6 is 0 Å². The van der Waals surface area contributed by atoms with Crippen LogP contribution in [0, 0.1) is 0 Å². The largest absolute Gasteiger partial charge is 0.496 e. The Balaban J connectivity index is 1.86. The second-order valence-electron chi connectivity index (χ2n) is 5.81. The lowest BCUT2D eigenvalue weighted by atomic mass is 10.1. The maximum atomic E-state index is 12.3. The van der Waals surface area contributed by atoms with E-state index in [0.29, 0.717) is 31.2 Å². The molecule has 0 saturated heterocycles. The molecule has 0 unspecified atom stereocenters. The van der Waals surface area contributed by atoms with Crippen LogP contribution < -0.4 is 15.4 Å². The summed E-state index contributed by atoms with van der Waals surface area (Å²) in [6, 6.07) is 9.38. The molecule has 0 atom stereocenters. The van der Waals surface area contributed by atoms with E-state index in [9.17, 15) is 4.79 Å². The summed E-state index contributed by atoms with van der Waals surface area (Å²) in [6.07, 6.45) is 2.27. The van der Waals surface area contributed by atoms with Gasteiger partial charge in [0.1, 0.15) is 11.4 Å². The number of nitrogens with zero attached hydrogens (tertiary/aromatic N) is 3. The first-order chi connectivity index (χ1) is 12.1. The molecule has 0 saturated carbocycles. The zero-order chi connectivity index (χ0) is 18.1. The van der Waals surface area contributed by atoms with E-state index >= 15 is 0 Å². The molecule has 1 amide bonds. The number of nitrogens with one attached hydrogen (secondary N) is 2. The number of aromatic nitrogens is 2. The topological polar surface area (TPSA) is 79.4 Å². The molecule has 1 aromatic carbocycles. The molecule has 1 heterocycles. The van der Waals surface area contributed by atoms with Gasteiger partial charge in [0.15, 0.2) is 0 Å². The van der Waals surface area contributed by atoms with Crippen LogP contribution in [0.4, 0.5) is 5.95 Å². The average Bonchev–Trinajstić information content (AvgIpc) is 2.62. The van der Waals surface area contributed by atoms with E-state index in [4.69, 9.17) is 4.74 Å². The first-order valence-corrected chi connectivity index (χ1v) is 8.22. The molecule has 0 aliphatic heterocycles. The second kappa shape index (κ2) is 9.58. The van der Waals surface area contributed by atoms with Crippen LogP contribution in [0.3, 0.4) is 0 Å². The Morgan fingerprint density at radius 1 is 1.20 bits per heavy atom. The number of carbonyl (C=O) groups excluding carboxylic acids is 1. The zero-order valence-electron chi connectivity index (χ0n) is 15.0. The molecule has 0 aliphatic carbocycles. The van der Waals surface area contributed by atoms with Crippen molar-refractivity contribution in [1.29, 1.82) is 0 Å². The quantitative estimate of drug-likeness (QED) is 0.717. The van der Waals surface area contributed by atoms with Crippen molar-refractivity contribution in [2.45, 2.75) is 6.42 Å². The van der Waals surface area contributed by atoms with Gasteiger partial charge in [0.25, 0.3) is 5.91 Å². The number of para-hydroxylation sites is 1. The summed E-state index contributed by atoms with van der Waals surface area (Å²) in [5, 5.41) is 5.99. The Labute approximate surface area is 148 Å². The summed E-state index contributed by atoms with van der Waals surface area (Å²) in [7, 11) is 5.63. The normalized spacial score (nSPS) is 10.6. The lowest BCUT2D eigenvalue weighted by molar-refractivity contribution is 0.0949. The molecule has 0 bridgehead atoms. The van der Waals surface area contributed by atoms with E-state index in [0.717, 1.165) is 17.9 Å². The lowest BCUT2D eigenvalue weighted by Crippen LogP contribution is -2.27. The number of hydrogen-bond acceptors (Lipinski definition) is 6. The van der Waals surface area contributed by atoms with Gasteiger partial charge >= 0.3 is 0 Å². The van der Waals surface area contributed by atoms with Crippen LogP contribution in [-0.4, -0.2) is 61.6 Å². The average molecular weight is 343 g/mol. The smallest absolute Gasteiger partial charge is 0.270 e. The van der Waals surface area contributed by atoms with Gasteiger partial charge in [-0.25, -0.2) is 9.97 Å². The van der Waals surface area contributed by atoms with Gasteiger partial charge in [-0.3, -0.25) is 4.79 Å². The molecule has 2 aromatic rings. The molecule has 0 fully saturated rings. The van der Waals surface area contributed by atoms with Crippen molar-refractivity contribution < 1.29 is 9.53 Å². The SMILES string of the molecule is COc1ccccc1CCNC(=O)c1ccnc(NCCN(C)C)n1. The summed E-state index contributed by atoms with van der Waals surface area (Å²) in [5.41, 5.74) is 1.40. The predicted octanol–water partition coefficient (Wildman–Crippen LogP) is 1.43. The molecule has 7 nitrogen and oxygen atoms in total. The number of ether oxygens (including phenoxy) is 1. The maximum absolute atomic E-state index is 12.3. The standard InChI is InChI=1S/C18H25N5O2/c1-23(2)13-12-21-18-20-11-9-15(22-18)17(24)19-10-8-14-6-4-5-7-16(14)25-3/h4-7,9,11H,8,10,12-13H2,1-3H3,(H,19,24)(H,20,21,22). The fraction of sp³-hybridized carbons (Fsp3) is 0.389. The first-order valence-electron chi connectivity index (χ1n) is 8.22. The molecule has 0 spiro atoms. The molecule has 25 heavy (non-hydrogen) atoms. The van der Waals surface area contributed by atoms with Gasteiger partial charge in [-0.15, -0.1) is 0 Å². The van der Waals surface area contributed by atoms with Crippen LogP contribution in [0.25, 0.3) is 0 Å². The Kier molecular flexibility index (Phi) is 7.16. The molecule has 7 heteroatoms. The van der Waals surface area contributed by atoms with Crippen molar-refractivity contribution in [3.8, 4) is 5.75 Å². The second-order valence-corrected chi connectivity index (χ2v) is 5.81. The van der Waals surface area contributed by atoms with Gasteiger partial charge in [0.2, 0.25) is 5.95 Å². The molecule has 1 aromatic heterocycles. The number of likely N-dealkylation sites (N-methyl/N-ethyl adjacent to an activating group) is 1. The molecule has 2 rings (SSSR count). The molecule has 0 radical (unpaired) electrons. The highest BCUT2D eigenvalue weighted by molar-refractivity contribution is 5.92. The van der Waals surface area contributed by atoms with E-state index in [1.165, 1.54) is 0 Å². The molecular weight excluding hydrogens is 318 g/mol. The third kappa shape index (κ3) is 6.04. The van der Waals surface area contributed by atoms with Crippen molar-refractivity contribution >= 4 is 11.9 Å². The van der Waals surface area contributed by atoms with E-state index in [2.05, 4.69) is 25.5 Å². The zero-order valence-corrected chi connectivity index (χ0v) is 15.0. The van der Waals surface area contributed by atoms with Crippen molar-refractivity contribution in [3.63, 3.8) is 0 Å². The summed E-state index contributed by atoms with van der Waals surface area (Å²) < 4.78 is 5.31. The van der Waals surface area contributed by atoms with Gasteiger partial charge < -0.3 is 20.3 Å². The number of amides is 1. The Morgan fingerprint density at radius 2 is 2.00 bits per heavy atom. The number of hydrogen-bond donors (Lipinski definition) is 2. The maximum Gasteiger partial charge on any atom is 0.270 e. The third-order valence-corrected chi connectivity index (χ3v) is 3.60. The van der Waals surface area contributed by atoms with Crippen LogP contribution in [-0.2, 0) is 6.42 Å². The Hall–Kier alpha value is -2.67. The van der Waals surface area contributed by atoms with E-state index in [1.54, 1.807) is 19.4 Å². The van der Waals surface area contributed by atoms with Crippen molar-refractivity contribution in [2.24, 2.45) is 0 Å². The fourth-order valence-electron chi connectivity index (χ4n) is 2.27. The summed E-state index contributed by atoms with van der Waals surface area (Å²) in [5.74, 6) is 1.07. The third-order valence-electron chi connectivity index (χ3n) is 3.60. The predicted molar refractivity (Wildman–Crippen MR) is 98.1 cm³/mol. The fourth-order valence-corrected chi connectivity index (χ4v) is 2.27. The van der Waals surface area contributed by atoms with Crippen LogP contribution in [0.15, 0.2) is 36.5 Å². The molecular formula is C18H25N5O2. The summed E-state index contributed by atoms with van der Waals surface area (Å²) >= 11 is 0. The minimum Gasteiger partial charge on any atom is -0.496 e. The summed E-state index contributed by atoms with van der Waals surface area (Å²) in [4.78, 5) is 22.7.